The van der Waals surface area contributed by atoms with Gasteiger partial charge in [-0.05, 0) is 25.1 Å². The van der Waals surface area contributed by atoms with Gasteiger partial charge in [-0.15, -0.1) is 0 Å². The van der Waals surface area contributed by atoms with E-state index >= 15 is 0 Å². The molecule has 1 aliphatic carbocycles. The Morgan fingerprint density at radius 3 is 2.71 bits per heavy atom. The molecule has 1 saturated carbocycles. The first kappa shape index (κ1) is 15.9. The maximum absolute atomic E-state index is 13.3. The lowest BCUT2D eigenvalue weighted by molar-refractivity contribution is -0.168. The standard InChI is InChI=1S/C16H23FN2O2/c1-5-21-13-10-16(18,15(13,2)3)14(20)19(4)12-8-6-7-11(17)9-12/h6-9,13H,5,10,18H2,1-4H3. The van der Waals surface area contributed by atoms with E-state index in [1.165, 1.54) is 17.0 Å². The SMILES string of the molecule is CCOC1CC(N)(C(=O)N(C)c2cccc(F)c2)C1(C)C. The summed E-state index contributed by atoms with van der Waals surface area (Å²) in [6.45, 7) is 6.40. The van der Waals surface area contributed by atoms with Gasteiger partial charge in [0.25, 0.3) is 0 Å². The molecule has 0 radical (unpaired) electrons. The zero-order valence-corrected chi connectivity index (χ0v) is 13.0. The van der Waals surface area contributed by atoms with Crippen LogP contribution in [0.2, 0.25) is 0 Å². The van der Waals surface area contributed by atoms with E-state index in [0.29, 0.717) is 18.7 Å². The zero-order chi connectivity index (χ0) is 15.8. The molecule has 0 spiro atoms. The number of hydrogen-bond donors (Lipinski definition) is 1. The molecule has 0 bridgehead atoms. The smallest absolute Gasteiger partial charge is 0.247 e. The molecule has 21 heavy (non-hydrogen) atoms. The second kappa shape index (κ2) is 5.39. The molecule has 1 aromatic rings. The van der Waals surface area contributed by atoms with Crippen molar-refractivity contribution in [1.82, 2.24) is 0 Å². The van der Waals surface area contributed by atoms with Crippen molar-refractivity contribution in [3.63, 3.8) is 0 Å². The third-order valence-corrected chi connectivity index (χ3v) is 4.71. The number of carbonyl (C=O) groups excluding carboxylic acids is 1. The Morgan fingerprint density at radius 2 is 2.19 bits per heavy atom. The van der Waals surface area contributed by atoms with Crippen LogP contribution < -0.4 is 10.6 Å². The third kappa shape index (κ3) is 2.45. The Labute approximate surface area is 125 Å². The van der Waals surface area contributed by atoms with Crippen molar-refractivity contribution in [3.05, 3.63) is 30.1 Å². The number of halogens is 1. The Morgan fingerprint density at radius 1 is 1.52 bits per heavy atom. The van der Waals surface area contributed by atoms with Crippen molar-refractivity contribution in [2.24, 2.45) is 11.1 Å². The third-order valence-electron chi connectivity index (χ3n) is 4.71. The summed E-state index contributed by atoms with van der Waals surface area (Å²) in [7, 11) is 1.62. The van der Waals surface area contributed by atoms with Crippen LogP contribution >= 0.6 is 0 Å². The Hall–Kier alpha value is -1.46. The highest BCUT2D eigenvalue weighted by atomic mass is 19.1. The van der Waals surface area contributed by atoms with Crippen molar-refractivity contribution in [2.45, 2.75) is 38.8 Å². The van der Waals surface area contributed by atoms with Gasteiger partial charge in [-0.2, -0.15) is 0 Å². The minimum absolute atomic E-state index is 0.0302. The summed E-state index contributed by atoms with van der Waals surface area (Å²) in [6.07, 6.45) is 0.448. The molecule has 2 N–H and O–H groups in total. The summed E-state index contributed by atoms with van der Waals surface area (Å²) in [5, 5.41) is 0. The van der Waals surface area contributed by atoms with E-state index in [0.717, 1.165) is 0 Å². The van der Waals surface area contributed by atoms with Crippen molar-refractivity contribution in [3.8, 4) is 0 Å². The highest BCUT2D eigenvalue weighted by Crippen LogP contribution is 2.50. The summed E-state index contributed by atoms with van der Waals surface area (Å²) in [5.74, 6) is -0.590. The largest absolute Gasteiger partial charge is 0.378 e. The lowest BCUT2D eigenvalue weighted by Gasteiger charge is -2.58. The molecule has 2 rings (SSSR count). The van der Waals surface area contributed by atoms with E-state index in [9.17, 15) is 9.18 Å². The minimum Gasteiger partial charge on any atom is -0.378 e. The molecule has 2 unspecified atom stereocenters. The molecule has 2 atom stereocenters. The first-order valence-corrected chi connectivity index (χ1v) is 7.18. The zero-order valence-electron chi connectivity index (χ0n) is 13.0. The van der Waals surface area contributed by atoms with Crippen LogP contribution in [-0.2, 0) is 9.53 Å². The molecule has 1 aromatic carbocycles. The number of hydrogen-bond acceptors (Lipinski definition) is 3. The molecule has 1 amide bonds. The number of carbonyl (C=O) groups is 1. The van der Waals surface area contributed by atoms with E-state index in [1.54, 1.807) is 19.2 Å². The number of rotatable bonds is 4. The second-order valence-corrected chi connectivity index (χ2v) is 6.19. The number of amides is 1. The fourth-order valence-corrected chi connectivity index (χ4v) is 2.90. The maximum atomic E-state index is 13.3. The molecule has 0 aromatic heterocycles. The van der Waals surface area contributed by atoms with Crippen molar-refractivity contribution in [1.29, 1.82) is 0 Å². The van der Waals surface area contributed by atoms with E-state index in [1.807, 2.05) is 20.8 Å². The van der Waals surface area contributed by atoms with Crippen LogP contribution in [0.25, 0.3) is 0 Å². The monoisotopic (exact) mass is 294 g/mol. The van der Waals surface area contributed by atoms with E-state index in [2.05, 4.69) is 0 Å². The van der Waals surface area contributed by atoms with Gasteiger partial charge in [-0.25, -0.2) is 4.39 Å². The summed E-state index contributed by atoms with van der Waals surface area (Å²) in [6, 6.07) is 5.94. The minimum atomic E-state index is -0.992. The molecule has 0 aliphatic heterocycles. The van der Waals surface area contributed by atoms with E-state index < -0.39 is 11.0 Å². The molecule has 1 aliphatic rings. The first-order chi connectivity index (χ1) is 9.74. The van der Waals surface area contributed by atoms with Gasteiger partial charge in [-0.3, -0.25) is 4.79 Å². The summed E-state index contributed by atoms with van der Waals surface area (Å²) in [4.78, 5) is 14.2. The number of nitrogens with zero attached hydrogens (tertiary/aromatic N) is 1. The highest BCUT2D eigenvalue weighted by Gasteiger charge is 2.63. The van der Waals surface area contributed by atoms with Gasteiger partial charge in [0.15, 0.2) is 0 Å². The topological polar surface area (TPSA) is 55.6 Å². The Kier molecular flexibility index (Phi) is 4.08. The van der Waals surface area contributed by atoms with Crippen LogP contribution in [-0.4, -0.2) is 31.2 Å². The average molecular weight is 294 g/mol. The molecule has 5 heteroatoms. The fraction of sp³-hybridized carbons (Fsp3) is 0.562. The molecule has 0 saturated heterocycles. The first-order valence-electron chi connectivity index (χ1n) is 7.18. The van der Waals surface area contributed by atoms with Crippen LogP contribution in [0.4, 0.5) is 10.1 Å². The van der Waals surface area contributed by atoms with Crippen LogP contribution in [0, 0.1) is 11.2 Å². The fourth-order valence-electron chi connectivity index (χ4n) is 2.90. The normalized spacial score (nSPS) is 27.0. The quantitative estimate of drug-likeness (QED) is 0.927. The summed E-state index contributed by atoms with van der Waals surface area (Å²) in [5.41, 5.74) is 5.41. The summed E-state index contributed by atoms with van der Waals surface area (Å²) >= 11 is 0. The molecular weight excluding hydrogens is 271 g/mol. The average Bonchev–Trinajstić information content (AvgIpc) is 2.45. The van der Waals surface area contributed by atoms with Crippen LogP contribution in [0.1, 0.15) is 27.2 Å². The number of ether oxygens (including phenoxy) is 1. The van der Waals surface area contributed by atoms with E-state index in [4.69, 9.17) is 10.5 Å². The van der Waals surface area contributed by atoms with Crippen molar-refractivity contribution in [2.75, 3.05) is 18.6 Å². The highest BCUT2D eigenvalue weighted by molar-refractivity contribution is 6.01. The predicted octanol–water partition coefficient (Wildman–Crippen LogP) is 2.32. The number of nitrogens with two attached hydrogens (primary N) is 1. The molecule has 1 fully saturated rings. The van der Waals surface area contributed by atoms with Gasteiger partial charge >= 0.3 is 0 Å². The number of benzene rings is 1. The number of likely N-dealkylation sites (N-methyl/N-ethyl adjacent to an activating group) is 1. The van der Waals surface area contributed by atoms with Crippen LogP contribution in [0.3, 0.4) is 0 Å². The Bertz CT molecular complexity index is 547. The van der Waals surface area contributed by atoms with Gasteiger partial charge < -0.3 is 15.4 Å². The lowest BCUT2D eigenvalue weighted by atomic mass is 9.54. The summed E-state index contributed by atoms with van der Waals surface area (Å²) < 4.78 is 18.9. The van der Waals surface area contributed by atoms with Crippen molar-refractivity contribution < 1.29 is 13.9 Å². The van der Waals surface area contributed by atoms with Gasteiger partial charge in [0.2, 0.25) is 5.91 Å². The molecular formula is C16H23FN2O2. The van der Waals surface area contributed by atoms with Crippen molar-refractivity contribution >= 4 is 11.6 Å². The molecule has 0 heterocycles. The predicted molar refractivity (Wildman–Crippen MR) is 80.5 cm³/mol. The van der Waals surface area contributed by atoms with E-state index in [-0.39, 0.29) is 17.8 Å². The van der Waals surface area contributed by atoms with Crippen LogP contribution in [0.5, 0.6) is 0 Å². The van der Waals surface area contributed by atoms with Crippen LogP contribution in [0.15, 0.2) is 24.3 Å². The van der Waals surface area contributed by atoms with Gasteiger partial charge in [0.1, 0.15) is 11.4 Å². The Balaban J connectivity index is 2.20. The maximum Gasteiger partial charge on any atom is 0.247 e. The molecule has 4 nitrogen and oxygen atoms in total. The van der Waals surface area contributed by atoms with Gasteiger partial charge in [-0.1, -0.05) is 19.9 Å². The second-order valence-electron chi connectivity index (χ2n) is 6.19. The lowest BCUT2D eigenvalue weighted by Crippen LogP contribution is -2.76. The molecule has 116 valence electrons. The number of anilines is 1. The van der Waals surface area contributed by atoms with Gasteiger partial charge in [0.05, 0.1) is 6.10 Å². The van der Waals surface area contributed by atoms with Gasteiger partial charge in [0, 0.05) is 31.2 Å².